The van der Waals surface area contributed by atoms with Gasteiger partial charge in [-0.05, 0) is 26.7 Å². The van der Waals surface area contributed by atoms with Gasteiger partial charge in [-0.2, -0.15) is 5.10 Å². The Bertz CT molecular complexity index is 433. The summed E-state index contributed by atoms with van der Waals surface area (Å²) in [5, 5.41) is 4.66. The van der Waals surface area contributed by atoms with Crippen molar-refractivity contribution < 1.29 is 0 Å². The van der Waals surface area contributed by atoms with E-state index in [4.69, 9.17) is 10.7 Å². The largest absolute Gasteiger partial charge is 0.325 e. The molecule has 0 spiro atoms. The Kier molecular flexibility index (Phi) is 3.74. The Morgan fingerprint density at radius 2 is 1.68 bits per heavy atom. The van der Waals surface area contributed by atoms with Crippen molar-refractivity contribution in [3.05, 3.63) is 11.6 Å². The molecule has 19 heavy (non-hydrogen) atoms. The van der Waals surface area contributed by atoms with Crippen molar-refractivity contribution in [1.29, 1.82) is 0 Å². The molecule has 108 valence electrons. The van der Waals surface area contributed by atoms with E-state index in [1.54, 1.807) is 0 Å². The van der Waals surface area contributed by atoms with Crippen LogP contribution in [0.2, 0.25) is 0 Å². The van der Waals surface area contributed by atoms with Crippen molar-refractivity contribution in [1.82, 2.24) is 14.8 Å². The zero-order valence-corrected chi connectivity index (χ0v) is 13.0. The van der Waals surface area contributed by atoms with Gasteiger partial charge in [0.25, 0.3) is 0 Å². The van der Waals surface area contributed by atoms with Gasteiger partial charge in [-0.25, -0.2) is 4.98 Å². The second-order valence-corrected chi connectivity index (χ2v) is 7.10. The summed E-state index contributed by atoms with van der Waals surface area (Å²) in [6.07, 6.45) is 6.44. The predicted molar refractivity (Wildman–Crippen MR) is 78.1 cm³/mol. The maximum Gasteiger partial charge on any atom is 0.154 e. The van der Waals surface area contributed by atoms with Gasteiger partial charge in [-0.15, -0.1) is 0 Å². The van der Waals surface area contributed by atoms with Crippen LogP contribution in [-0.4, -0.2) is 20.3 Å². The Morgan fingerprint density at radius 3 is 2.21 bits per heavy atom. The van der Waals surface area contributed by atoms with Crippen LogP contribution in [0, 0.1) is 0 Å². The molecule has 2 N–H and O–H groups in total. The first-order valence-corrected chi connectivity index (χ1v) is 7.44. The molecule has 1 fully saturated rings. The van der Waals surface area contributed by atoms with Gasteiger partial charge < -0.3 is 5.73 Å². The zero-order valence-electron chi connectivity index (χ0n) is 13.0. The fourth-order valence-corrected chi connectivity index (χ4v) is 2.77. The van der Waals surface area contributed by atoms with Crippen molar-refractivity contribution >= 4 is 0 Å². The number of nitrogens with zero attached hydrogens (tertiary/aromatic N) is 3. The van der Waals surface area contributed by atoms with E-state index in [2.05, 4.69) is 32.8 Å². The lowest BCUT2D eigenvalue weighted by Crippen LogP contribution is -2.51. The number of aromatic nitrogens is 3. The topological polar surface area (TPSA) is 56.7 Å². The van der Waals surface area contributed by atoms with E-state index < -0.39 is 0 Å². The third-order valence-corrected chi connectivity index (χ3v) is 4.92. The quantitative estimate of drug-likeness (QED) is 0.913. The average molecular weight is 264 g/mol. The standard InChI is InChI=1S/C15H28N4/c1-14(2,15(3,4)16)13-17-12(18-19(13)5)11-9-7-6-8-10-11/h11H,6-10,16H2,1-5H3. The summed E-state index contributed by atoms with van der Waals surface area (Å²) in [6.45, 7) is 8.42. The number of rotatable bonds is 3. The van der Waals surface area contributed by atoms with Crippen LogP contribution in [0.15, 0.2) is 0 Å². The van der Waals surface area contributed by atoms with E-state index >= 15 is 0 Å². The lowest BCUT2D eigenvalue weighted by molar-refractivity contribution is 0.282. The fourth-order valence-electron chi connectivity index (χ4n) is 2.77. The summed E-state index contributed by atoms with van der Waals surface area (Å²) < 4.78 is 1.93. The Labute approximate surface area is 116 Å². The maximum atomic E-state index is 6.32. The molecule has 0 amide bonds. The van der Waals surface area contributed by atoms with E-state index in [0.717, 1.165) is 11.6 Å². The molecule has 0 radical (unpaired) electrons. The highest BCUT2D eigenvalue weighted by molar-refractivity contribution is 5.15. The highest BCUT2D eigenvalue weighted by atomic mass is 15.3. The van der Waals surface area contributed by atoms with Gasteiger partial charge in [-0.3, -0.25) is 4.68 Å². The van der Waals surface area contributed by atoms with Gasteiger partial charge in [0.15, 0.2) is 5.82 Å². The molecule has 0 atom stereocenters. The van der Waals surface area contributed by atoms with Crippen molar-refractivity contribution in [3.63, 3.8) is 0 Å². The Morgan fingerprint density at radius 1 is 1.11 bits per heavy atom. The van der Waals surface area contributed by atoms with E-state index in [1.807, 2.05) is 11.7 Å². The highest BCUT2D eigenvalue weighted by Crippen LogP contribution is 2.35. The molecule has 1 aromatic heterocycles. The Balaban J connectivity index is 2.31. The molecule has 1 saturated carbocycles. The molecular formula is C15H28N4. The third kappa shape index (κ3) is 2.69. The summed E-state index contributed by atoms with van der Waals surface area (Å²) in [7, 11) is 1.99. The van der Waals surface area contributed by atoms with Crippen LogP contribution in [0.1, 0.15) is 77.4 Å². The van der Waals surface area contributed by atoms with E-state index in [1.165, 1.54) is 32.1 Å². The second-order valence-electron chi connectivity index (χ2n) is 7.10. The van der Waals surface area contributed by atoms with Crippen molar-refractivity contribution in [2.75, 3.05) is 0 Å². The molecule has 2 rings (SSSR count). The summed E-state index contributed by atoms with van der Waals surface area (Å²) in [6, 6.07) is 0. The lowest BCUT2D eigenvalue weighted by atomic mass is 9.74. The van der Waals surface area contributed by atoms with E-state index in [0.29, 0.717) is 5.92 Å². The SMILES string of the molecule is Cn1nc(C2CCCCC2)nc1C(C)(C)C(C)(C)N. The maximum absolute atomic E-state index is 6.32. The van der Waals surface area contributed by atoms with Crippen LogP contribution in [0.3, 0.4) is 0 Å². The summed E-state index contributed by atoms with van der Waals surface area (Å²) >= 11 is 0. The van der Waals surface area contributed by atoms with Gasteiger partial charge in [0.05, 0.1) is 0 Å². The van der Waals surface area contributed by atoms with Crippen LogP contribution < -0.4 is 5.73 Å². The first-order valence-electron chi connectivity index (χ1n) is 7.44. The first kappa shape index (κ1) is 14.5. The average Bonchev–Trinajstić information content (AvgIpc) is 2.71. The van der Waals surface area contributed by atoms with Gasteiger partial charge in [0.1, 0.15) is 5.82 Å². The molecule has 4 heteroatoms. The number of nitrogens with two attached hydrogens (primary N) is 1. The van der Waals surface area contributed by atoms with Gasteiger partial charge in [-0.1, -0.05) is 33.1 Å². The monoisotopic (exact) mass is 264 g/mol. The van der Waals surface area contributed by atoms with Crippen LogP contribution in [0.4, 0.5) is 0 Å². The molecule has 1 heterocycles. The van der Waals surface area contributed by atoms with Gasteiger partial charge in [0, 0.05) is 23.9 Å². The molecular weight excluding hydrogens is 236 g/mol. The predicted octanol–water partition coefficient (Wildman–Crippen LogP) is 2.88. The Hall–Kier alpha value is -0.900. The second kappa shape index (κ2) is 4.89. The zero-order chi connectivity index (χ0) is 14.3. The van der Waals surface area contributed by atoms with Crippen molar-refractivity contribution in [2.24, 2.45) is 12.8 Å². The minimum Gasteiger partial charge on any atom is -0.325 e. The van der Waals surface area contributed by atoms with Crippen molar-refractivity contribution in [3.8, 4) is 0 Å². The minimum atomic E-state index is -0.322. The molecule has 1 aliphatic rings. The number of hydrogen-bond donors (Lipinski definition) is 1. The molecule has 4 nitrogen and oxygen atoms in total. The molecule has 0 unspecified atom stereocenters. The van der Waals surface area contributed by atoms with E-state index in [9.17, 15) is 0 Å². The smallest absolute Gasteiger partial charge is 0.154 e. The summed E-state index contributed by atoms with van der Waals surface area (Å²) in [4.78, 5) is 4.84. The molecule has 0 bridgehead atoms. The molecule has 1 aromatic rings. The number of hydrogen-bond acceptors (Lipinski definition) is 3. The highest BCUT2D eigenvalue weighted by Gasteiger charge is 2.39. The molecule has 0 aromatic carbocycles. The normalized spacial score (nSPS) is 18.8. The minimum absolute atomic E-state index is 0.193. The molecule has 1 aliphatic carbocycles. The fraction of sp³-hybridized carbons (Fsp3) is 0.867. The summed E-state index contributed by atoms with van der Waals surface area (Å²) in [5.41, 5.74) is 5.81. The van der Waals surface area contributed by atoms with Crippen LogP contribution >= 0.6 is 0 Å². The third-order valence-electron chi connectivity index (χ3n) is 4.92. The molecule has 0 saturated heterocycles. The number of aryl methyl sites for hydroxylation is 1. The van der Waals surface area contributed by atoms with E-state index in [-0.39, 0.29) is 11.0 Å². The molecule has 0 aliphatic heterocycles. The van der Waals surface area contributed by atoms with Gasteiger partial charge >= 0.3 is 0 Å². The van der Waals surface area contributed by atoms with Crippen LogP contribution in [0.25, 0.3) is 0 Å². The van der Waals surface area contributed by atoms with Crippen LogP contribution in [0.5, 0.6) is 0 Å². The first-order chi connectivity index (χ1) is 8.73. The summed E-state index contributed by atoms with van der Waals surface area (Å²) in [5.74, 6) is 2.57. The van der Waals surface area contributed by atoms with Gasteiger partial charge in [0.2, 0.25) is 0 Å². The van der Waals surface area contributed by atoms with Crippen LogP contribution in [-0.2, 0) is 12.5 Å². The van der Waals surface area contributed by atoms with Crippen molar-refractivity contribution in [2.45, 2.75) is 76.7 Å². The lowest BCUT2D eigenvalue weighted by Gasteiger charge is -2.37.